The molecule has 0 aliphatic carbocycles. The standard InChI is InChI=1S/C11H19NOS/c1-11(2,3)10(12)8-14-7-9-5-4-6-13-9/h4-6,10H,7-8,12H2,1-3H3. The zero-order valence-electron chi connectivity index (χ0n) is 9.12. The molecule has 0 aromatic carbocycles. The first kappa shape index (κ1) is 11.7. The molecule has 2 N–H and O–H groups in total. The van der Waals surface area contributed by atoms with Crippen LogP contribution in [0.2, 0.25) is 0 Å². The third-order valence-corrected chi connectivity index (χ3v) is 3.32. The van der Waals surface area contributed by atoms with Gasteiger partial charge in [-0.05, 0) is 17.5 Å². The van der Waals surface area contributed by atoms with Gasteiger partial charge < -0.3 is 10.2 Å². The quantitative estimate of drug-likeness (QED) is 0.836. The van der Waals surface area contributed by atoms with Crippen molar-refractivity contribution in [3.8, 4) is 0 Å². The van der Waals surface area contributed by atoms with Crippen LogP contribution in [0.4, 0.5) is 0 Å². The van der Waals surface area contributed by atoms with Crippen molar-refractivity contribution in [1.82, 2.24) is 0 Å². The molecule has 1 atom stereocenters. The summed E-state index contributed by atoms with van der Waals surface area (Å²) < 4.78 is 5.24. The lowest BCUT2D eigenvalue weighted by Gasteiger charge is -2.26. The van der Waals surface area contributed by atoms with Gasteiger partial charge >= 0.3 is 0 Å². The first-order valence-electron chi connectivity index (χ1n) is 4.86. The zero-order valence-corrected chi connectivity index (χ0v) is 9.93. The molecule has 0 fully saturated rings. The van der Waals surface area contributed by atoms with E-state index in [1.54, 1.807) is 6.26 Å². The Morgan fingerprint density at radius 3 is 2.71 bits per heavy atom. The van der Waals surface area contributed by atoms with Crippen LogP contribution in [0.25, 0.3) is 0 Å². The molecule has 1 heterocycles. The second kappa shape index (κ2) is 4.89. The molecule has 1 aromatic rings. The van der Waals surface area contributed by atoms with Crippen LogP contribution >= 0.6 is 11.8 Å². The Bertz CT molecular complexity index is 251. The van der Waals surface area contributed by atoms with Crippen molar-refractivity contribution in [2.75, 3.05) is 5.75 Å². The second-order valence-electron chi connectivity index (χ2n) is 4.57. The maximum atomic E-state index is 6.04. The van der Waals surface area contributed by atoms with E-state index in [0.717, 1.165) is 17.3 Å². The third kappa shape index (κ3) is 3.76. The van der Waals surface area contributed by atoms with Crippen LogP contribution in [0.15, 0.2) is 22.8 Å². The monoisotopic (exact) mass is 213 g/mol. The van der Waals surface area contributed by atoms with Crippen molar-refractivity contribution >= 4 is 11.8 Å². The van der Waals surface area contributed by atoms with Gasteiger partial charge in [0, 0.05) is 11.8 Å². The van der Waals surface area contributed by atoms with Crippen molar-refractivity contribution in [1.29, 1.82) is 0 Å². The highest BCUT2D eigenvalue weighted by molar-refractivity contribution is 7.98. The van der Waals surface area contributed by atoms with Gasteiger partial charge in [0.25, 0.3) is 0 Å². The Kier molecular flexibility index (Phi) is 4.08. The number of nitrogens with two attached hydrogens (primary N) is 1. The molecule has 0 saturated carbocycles. The Morgan fingerprint density at radius 1 is 1.50 bits per heavy atom. The fraction of sp³-hybridized carbons (Fsp3) is 0.636. The maximum absolute atomic E-state index is 6.04. The molecule has 0 bridgehead atoms. The minimum atomic E-state index is 0.191. The van der Waals surface area contributed by atoms with Crippen molar-refractivity contribution < 1.29 is 4.42 Å². The first-order valence-corrected chi connectivity index (χ1v) is 6.01. The summed E-state index contributed by atoms with van der Waals surface area (Å²) in [7, 11) is 0. The van der Waals surface area contributed by atoms with E-state index in [9.17, 15) is 0 Å². The van der Waals surface area contributed by atoms with Crippen LogP contribution in [0.3, 0.4) is 0 Å². The minimum Gasteiger partial charge on any atom is -0.468 e. The van der Waals surface area contributed by atoms with Gasteiger partial charge in [-0.25, -0.2) is 0 Å². The van der Waals surface area contributed by atoms with E-state index in [0.29, 0.717) is 0 Å². The Labute approximate surface area is 90.2 Å². The lowest BCUT2D eigenvalue weighted by molar-refractivity contribution is 0.344. The topological polar surface area (TPSA) is 39.2 Å². The van der Waals surface area contributed by atoms with Gasteiger partial charge in [-0.2, -0.15) is 11.8 Å². The fourth-order valence-corrected chi connectivity index (χ4v) is 2.17. The van der Waals surface area contributed by atoms with Crippen molar-refractivity contribution in [3.63, 3.8) is 0 Å². The molecule has 1 rings (SSSR count). The molecule has 3 heteroatoms. The summed E-state index contributed by atoms with van der Waals surface area (Å²) in [6, 6.07) is 4.15. The molecule has 0 aliphatic rings. The summed E-state index contributed by atoms with van der Waals surface area (Å²) in [4.78, 5) is 0. The SMILES string of the molecule is CC(C)(C)C(N)CSCc1ccco1. The maximum Gasteiger partial charge on any atom is 0.113 e. The molecular formula is C11H19NOS. The van der Waals surface area contributed by atoms with Gasteiger partial charge in [0.2, 0.25) is 0 Å². The molecule has 14 heavy (non-hydrogen) atoms. The molecule has 1 aromatic heterocycles. The van der Waals surface area contributed by atoms with Crippen molar-refractivity contribution in [2.24, 2.45) is 11.1 Å². The zero-order chi connectivity index (χ0) is 10.6. The Balaban J connectivity index is 2.22. The lowest BCUT2D eigenvalue weighted by atomic mass is 9.89. The Morgan fingerprint density at radius 2 is 2.21 bits per heavy atom. The summed E-state index contributed by atoms with van der Waals surface area (Å²) >= 11 is 1.83. The van der Waals surface area contributed by atoms with Gasteiger partial charge in [0.15, 0.2) is 0 Å². The molecule has 0 radical (unpaired) electrons. The smallest absolute Gasteiger partial charge is 0.113 e. The predicted octanol–water partition coefficient (Wildman–Crippen LogP) is 2.89. The molecule has 80 valence electrons. The van der Waals surface area contributed by atoms with Gasteiger partial charge in [0.05, 0.1) is 12.0 Å². The first-order chi connectivity index (χ1) is 6.50. The highest BCUT2D eigenvalue weighted by Crippen LogP contribution is 2.22. The summed E-state index contributed by atoms with van der Waals surface area (Å²) in [5.41, 5.74) is 6.23. The number of hydrogen-bond donors (Lipinski definition) is 1. The van der Waals surface area contributed by atoms with E-state index in [1.165, 1.54) is 0 Å². The van der Waals surface area contributed by atoms with E-state index in [2.05, 4.69) is 20.8 Å². The predicted molar refractivity (Wildman–Crippen MR) is 62.3 cm³/mol. The van der Waals surface area contributed by atoms with E-state index in [-0.39, 0.29) is 11.5 Å². The van der Waals surface area contributed by atoms with Crippen LogP contribution in [0.5, 0.6) is 0 Å². The summed E-state index contributed by atoms with van der Waals surface area (Å²) in [6.45, 7) is 6.52. The second-order valence-corrected chi connectivity index (χ2v) is 5.60. The molecule has 0 amide bonds. The number of rotatable bonds is 4. The van der Waals surface area contributed by atoms with Crippen LogP contribution in [0, 0.1) is 5.41 Å². The highest BCUT2D eigenvalue weighted by atomic mass is 32.2. The number of hydrogen-bond acceptors (Lipinski definition) is 3. The lowest BCUT2D eigenvalue weighted by Crippen LogP contribution is -2.37. The average Bonchev–Trinajstić information content (AvgIpc) is 2.55. The summed E-state index contributed by atoms with van der Waals surface area (Å²) in [5, 5.41) is 0. The molecule has 0 aliphatic heterocycles. The van der Waals surface area contributed by atoms with Gasteiger partial charge in [-0.1, -0.05) is 20.8 Å². The van der Waals surface area contributed by atoms with Crippen LogP contribution in [0.1, 0.15) is 26.5 Å². The van der Waals surface area contributed by atoms with E-state index < -0.39 is 0 Å². The van der Waals surface area contributed by atoms with Crippen molar-refractivity contribution in [2.45, 2.75) is 32.6 Å². The molecule has 2 nitrogen and oxygen atoms in total. The molecule has 0 spiro atoms. The molecule has 1 unspecified atom stereocenters. The van der Waals surface area contributed by atoms with Gasteiger partial charge in [0.1, 0.15) is 5.76 Å². The van der Waals surface area contributed by atoms with Crippen molar-refractivity contribution in [3.05, 3.63) is 24.2 Å². The summed E-state index contributed by atoms with van der Waals surface area (Å²) in [6.07, 6.45) is 1.71. The number of furan rings is 1. The normalized spacial score (nSPS) is 14.3. The minimum absolute atomic E-state index is 0.191. The van der Waals surface area contributed by atoms with Gasteiger partial charge in [-0.3, -0.25) is 0 Å². The Hall–Kier alpha value is -0.410. The van der Waals surface area contributed by atoms with Crippen LogP contribution in [-0.2, 0) is 5.75 Å². The average molecular weight is 213 g/mol. The summed E-state index contributed by atoms with van der Waals surface area (Å²) in [5.74, 6) is 2.91. The third-order valence-electron chi connectivity index (χ3n) is 2.23. The molecule has 0 saturated heterocycles. The van der Waals surface area contributed by atoms with E-state index in [4.69, 9.17) is 10.2 Å². The van der Waals surface area contributed by atoms with E-state index >= 15 is 0 Å². The van der Waals surface area contributed by atoms with E-state index in [1.807, 2.05) is 23.9 Å². The molecular weight excluding hydrogens is 194 g/mol. The van der Waals surface area contributed by atoms with Crippen LogP contribution in [-0.4, -0.2) is 11.8 Å². The highest BCUT2D eigenvalue weighted by Gasteiger charge is 2.20. The van der Waals surface area contributed by atoms with Gasteiger partial charge in [-0.15, -0.1) is 0 Å². The fourth-order valence-electron chi connectivity index (χ4n) is 0.931. The number of thioether (sulfide) groups is 1. The largest absolute Gasteiger partial charge is 0.468 e. The van der Waals surface area contributed by atoms with Crippen LogP contribution < -0.4 is 5.73 Å².